The third-order valence-electron chi connectivity index (χ3n) is 1.97. The van der Waals surface area contributed by atoms with Gasteiger partial charge >= 0.3 is 0 Å². The van der Waals surface area contributed by atoms with E-state index < -0.39 is 11.9 Å². The van der Waals surface area contributed by atoms with Crippen LogP contribution in [0.25, 0.3) is 0 Å². The summed E-state index contributed by atoms with van der Waals surface area (Å²) >= 11 is 5.80. The van der Waals surface area contributed by atoms with Gasteiger partial charge in [0.1, 0.15) is 5.82 Å². The topological polar surface area (TPSA) is 54.9 Å². The zero-order chi connectivity index (χ0) is 12.3. The van der Waals surface area contributed by atoms with Gasteiger partial charge in [0.05, 0.1) is 10.6 Å². The molecule has 0 radical (unpaired) electrons. The van der Waals surface area contributed by atoms with Crippen LogP contribution in [0.2, 0.25) is 5.02 Å². The van der Waals surface area contributed by atoms with E-state index in [1.54, 1.807) is 0 Å². The fourth-order valence-corrected chi connectivity index (χ4v) is 1.43. The maximum absolute atomic E-state index is 12.8. The van der Waals surface area contributed by atoms with Gasteiger partial charge in [-0.15, -0.1) is 0 Å². The van der Waals surface area contributed by atoms with Gasteiger partial charge in [-0.25, -0.2) is 4.98 Å². The molecule has 0 fully saturated rings. The number of hydrogen-bond acceptors (Lipinski definition) is 3. The molecule has 0 aliphatic heterocycles. The van der Waals surface area contributed by atoms with E-state index >= 15 is 0 Å². The molecule has 0 atom stereocenters. The van der Waals surface area contributed by atoms with E-state index in [2.05, 4.69) is 15.3 Å². The molecule has 0 spiro atoms. The maximum atomic E-state index is 12.8. The lowest BCUT2D eigenvalue weighted by atomic mass is 10.2. The van der Waals surface area contributed by atoms with Crippen LogP contribution in [-0.4, -0.2) is 15.9 Å². The van der Waals surface area contributed by atoms with E-state index in [9.17, 15) is 9.18 Å². The summed E-state index contributed by atoms with van der Waals surface area (Å²) in [6.07, 6.45) is 2.80. The summed E-state index contributed by atoms with van der Waals surface area (Å²) in [5, 5.41) is 2.66. The highest BCUT2D eigenvalue weighted by Crippen LogP contribution is 2.15. The molecule has 0 aromatic carbocycles. The Labute approximate surface area is 101 Å². The minimum absolute atomic E-state index is 0.128. The average molecular weight is 252 g/mol. The number of amides is 1. The van der Waals surface area contributed by atoms with Gasteiger partial charge in [-0.05, 0) is 18.2 Å². The number of aromatic nitrogens is 2. The van der Waals surface area contributed by atoms with Crippen molar-refractivity contribution in [1.82, 2.24) is 9.97 Å². The number of nitrogens with one attached hydrogen (secondary N) is 1. The minimum Gasteiger partial charge on any atom is -0.306 e. The molecule has 0 saturated heterocycles. The summed E-state index contributed by atoms with van der Waals surface area (Å²) in [4.78, 5) is 19.0. The zero-order valence-corrected chi connectivity index (χ0v) is 9.28. The number of hydrogen-bond donors (Lipinski definition) is 1. The largest absolute Gasteiger partial charge is 0.306 e. The van der Waals surface area contributed by atoms with Crippen LogP contribution in [0.3, 0.4) is 0 Å². The third-order valence-corrected chi connectivity index (χ3v) is 2.27. The summed E-state index contributed by atoms with van der Waals surface area (Å²) in [7, 11) is 0. The molecule has 2 rings (SSSR count). The van der Waals surface area contributed by atoms with Crippen molar-refractivity contribution in [3.05, 3.63) is 53.2 Å². The van der Waals surface area contributed by atoms with E-state index in [0.29, 0.717) is 0 Å². The molecule has 1 N–H and O–H groups in total. The molecule has 1 amide bonds. The highest BCUT2D eigenvalue weighted by atomic mass is 35.5. The van der Waals surface area contributed by atoms with Crippen LogP contribution in [0.1, 0.15) is 10.4 Å². The van der Waals surface area contributed by atoms with E-state index in [0.717, 1.165) is 0 Å². The molecule has 86 valence electrons. The highest BCUT2D eigenvalue weighted by Gasteiger charge is 2.10. The van der Waals surface area contributed by atoms with Crippen molar-refractivity contribution in [3.8, 4) is 0 Å². The maximum Gasteiger partial charge on any atom is 0.258 e. The van der Waals surface area contributed by atoms with Crippen molar-refractivity contribution in [2.24, 2.45) is 0 Å². The quantitative estimate of drug-likeness (QED) is 0.835. The Balaban J connectivity index is 2.20. The molecule has 0 aliphatic carbocycles. The summed E-state index contributed by atoms with van der Waals surface area (Å²) < 4.78 is 12.8. The van der Waals surface area contributed by atoms with Gasteiger partial charge in [0, 0.05) is 12.4 Å². The van der Waals surface area contributed by atoms with Gasteiger partial charge in [-0.2, -0.15) is 4.39 Å². The second-order valence-corrected chi connectivity index (χ2v) is 3.56. The Morgan fingerprint density at radius 2 is 2.18 bits per heavy atom. The molecule has 2 aromatic rings. The molecule has 0 saturated carbocycles. The Bertz CT molecular complexity index is 562. The molecule has 17 heavy (non-hydrogen) atoms. The van der Waals surface area contributed by atoms with Crippen LogP contribution in [0, 0.1) is 5.95 Å². The fourth-order valence-electron chi connectivity index (χ4n) is 1.22. The number of carbonyl (C=O) groups is 1. The lowest BCUT2D eigenvalue weighted by Crippen LogP contribution is -2.13. The van der Waals surface area contributed by atoms with E-state index in [1.165, 1.54) is 36.7 Å². The Morgan fingerprint density at radius 1 is 1.35 bits per heavy atom. The predicted octanol–water partition coefficient (Wildman–Crippen LogP) is 2.52. The monoisotopic (exact) mass is 251 g/mol. The van der Waals surface area contributed by atoms with Crippen molar-refractivity contribution in [2.45, 2.75) is 0 Å². The smallest absolute Gasteiger partial charge is 0.258 e. The first-order chi connectivity index (χ1) is 8.16. The van der Waals surface area contributed by atoms with Gasteiger partial charge in [0.25, 0.3) is 5.91 Å². The number of nitrogens with zero attached hydrogens (tertiary/aromatic N) is 2. The number of rotatable bonds is 2. The highest BCUT2D eigenvalue weighted by molar-refractivity contribution is 6.34. The molecule has 2 aromatic heterocycles. The summed E-state index contributed by atoms with van der Waals surface area (Å²) in [5.74, 6) is -0.998. The molecular formula is C11H7ClFN3O. The summed E-state index contributed by atoms with van der Waals surface area (Å²) in [6, 6.07) is 5.59. The zero-order valence-electron chi connectivity index (χ0n) is 8.52. The van der Waals surface area contributed by atoms with Crippen molar-refractivity contribution >= 4 is 23.3 Å². The molecule has 0 unspecified atom stereocenters. The van der Waals surface area contributed by atoms with Crippen molar-refractivity contribution in [2.75, 3.05) is 5.32 Å². The second-order valence-electron chi connectivity index (χ2n) is 3.16. The number of pyridine rings is 2. The van der Waals surface area contributed by atoms with E-state index in [4.69, 9.17) is 11.6 Å². The first-order valence-corrected chi connectivity index (χ1v) is 5.08. The normalized spacial score (nSPS) is 10.0. The first-order valence-electron chi connectivity index (χ1n) is 4.70. The summed E-state index contributed by atoms with van der Waals surface area (Å²) in [5.41, 5.74) is 0.257. The second kappa shape index (κ2) is 4.88. The lowest BCUT2D eigenvalue weighted by Gasteiger charge is -2.05. The van der Waals surface area contributed by atoms with Crippen LogP contribution in [0.4, 0.5) is 10.2 Å². The molecular weight excluding hydrogens is 245 g/mol. The Morgan fingerprint density at radius 3 is 2.88 bits per heavy atom. The third kappa shape index (κ3) is 2.76. The van der Waals surface area contributed by atoms with Crippen molar-refractivity contribution < 1.29 is 9.18 Å². The number of carbonyl (C=O) groups excluding carboxylic acids is 1. The Kier molecular flexibility index (Phi) is 3.30. The van der Waals surface area contributed by atoms with E-state index in [-0.39, 0.29) is 16.4 Å². The van der Waals surface area contributed by atoms with Crippen LogP contribution in [0.15, 0.2) is 36.7 Å². The van der Waals surface area contributed by atoms with Gasteiger partial charge in [0.15, 0.2) is 0 Å². The van der Waals surface area contributed by atoms with E-state index in [1.807, 2.05) is 0 Å². The van der Waals surface area contributed by atoms with Crippen molar-refractivity contribution in [1.29, 1.82) is 0 Å². The van der Waals surface area contributed by atoms with Crippen LogP contribution in [0.5, 0.6) is 0 Å². The van der Waals surface area contributed by atoms with Crippen LogP contribution < -0.4 is 5.32 Å². The van der Waals surface area contributed by atoms with Crippen LogP contribution in [-0.2, 0) is 0 Å². The molecule has 0 aliphatic rings. The number of halogens is 2. The fraction of sp³-hybridized carbons (Fsp3) is 0. The predicted molar refractivity (Wildman–Crippen MR) is 61.4 cm³/mol. The van der Waals surface area contributed by atoms with Gasteiger partial charge in [-0.1, -0.05) is 17.7 Å². The van der Waals surface area contributed by atoms with Gasteiger partial charge in [-0.3, -0.25) is 9.78 Å². The average Bonchev–Trinajstić information content (AvgIpc) is 2.29. The SMILES string of the molecule is O=C(Nc1cccc(F)n1)c1ccncc1Cl. The van der Waals surface area contributed by atoms with Crippen molar-refractivity contribution in [3.63, 3.8) is 0 Å². The summed E-state index contributed by atoms with van der Waals surface area (Å²) in [6.45, 7) is 0. The molecule has 2 heterocycles. The Hall–Kier alpha value is -2.01. The molecule has 0 bridgehead atoms. The van der Waals surface area contributed by atoms with Gasteiger partial charge < -0.3 is 5.32 Å². The number of anilines is 1. The molecule has 4 nitrogen and oxygen atoms in total. The molecule has 6 heteroatoms. The first kappa shape index (κ1) is 11.5. The van der Waals surface area contributed by atoms with Crippen LogP contribution >= 0.6 is 11.6 Å². The minimum atomic E-state index is -0.663. The lowest BCUT2D eigenvalue weighted by molar-refractivity contribution is 0.102. The van der Waals surface area contributed by atoms with Gasteiger partial charge in [0.2, 0.25) is 5.95 Å². The standard InChI is InChI=1S/C11H7ClFN3O/c12-8-6-14-5-4-7(8)11(17)16-10-3-1-2-9(13)15-10/h1-6H,(H,15,16,17).